The molecule has 1 N–H and O–H groups in total. The highest BCUT2D eigenvalue weighted by Crippen LogP contribution is 2.32. The molecule has 0 spiro atoms. The van der Waals surface area contributed by atoms with Crippen LogP contribution in [0.2, 0.25) is 0 Å². The highest BCUT2D eigenvalue weighted by atomic mass is 16.3. The predicted molar refractivity (Wildman–Crippen MR) is 66.2 cm³/mol. The third kappa shape index (κ3) is 1.73. The Morgan fingerprint density at radius 1 is 1.24 bits per heavy atom. The van der Waals surface area contributed by atoms with Crippen molar-refractivity contribution < 1.29 is 5.11 Å². The van der Waals surface area contributed by atoms with Gasteiger partial charge in [-0.25, -0.2) is 0 Å². The monoisotopic (exact) mass is 233 g/mol. The second kappa shape index (κ2) is 4.30. The normalized spacial score (nSPS) is 19.8. The minimum Gasteiger partial charge on any atom is -0.391 e. The summed E-state index contributed by atoms with van der Waals surface area (Å²) < 4.78 is 2.01. The molecule has 92 valence electrons. The number of aromatic nitrogens is 1. The number of hydrogen-bond acceptors (Lipinski definition) is 2. The molecule has 3 nitrogen and oxygen atoms in total. The van der Waals surface area contributed by atoms with Crippen LogP contribution in [0.3, 0.4) is 0 Å². The standard InChI is InChI=1S/C14H19NO2/c16-9-11-8-10-4-3-7-13(10)15(14(11)17)12-5-1-2-6-12/h8,12,16H,1-7,9H2. The highest BCUT2D eigenvalue weighted by molar-refractivity contribution is 5.31. The first-order valence-corrected chi connectivity index (χ1v) is 6.68. The van der Waals surface area contributed by atoms with Crippen molar-refractivity contribution in [2.45, 2.75) is 57.6 Å². The number of aryl methyl sites for hydroxylation is 1. The molecular formula is C14H19NO2. The Labute approximate surface area is 101 Å². The second-order valence-corrected chi connectivity index (χ2v) is 5.27. The molecule has 0 atom stereocenters. The number of rotatable bonds is 2. The van der Waals surface area contributed by atoms with Crippen molar-refractivity contribution >= 4 is 0 Å². The SMILES string of the molecule is O=c1c(CO)cc2c(n1C1CCCC1)CCC2. The third-order valence-electron chi connectivity index (χ3n) is 4.22. The Morgan fingerprint density at radius 2 is 2.00 bits per heavy atom. The molecule has 1 aromatic rings. The van der Waals surface area contributed by atoms with Crippen molar-refractivity contribution in [3.05, 3.63) is 33.2 Å². The van der Waals surface area contributed by atoms with E-state index in [2.05, 4.69) is 0 Å². The molecule has 0 bridgehead atoms. The summed E-state index contributed by atoms with van der Waals surface area (Å²) in [6, 6.07) is 2.32. The first kappa shape index (κ1) is 11.0. The van der Waals surface area contributed by atoms with Crippen LogP contribution in [0.1, 0.15) is 55.0 Å². The average Bonchev–Trinajstić information content (AvgIpc) is 2.97. The van der Waals surface area contributed by atoms with Crippen molar-refractivity contribution in [2.24, 2.45) is 0 Å². The highest BCUT2D eigenvalue weighted by Gasteiger charge is 2.25. The van der Waals surface area contributed by atoms with E-state index in [1.54, 1.807) is 0 Å². The molecular weight excluding hydrogens is 214 g/mol. The van der Waals surface area contributed by atoms with Crippen LogP contribution in [0.25, 0.3) is 0 Å². The smallest absolute Gasteiger partial charge is 0.256 e. The first-order chi connectivity index (χ1) is 8.31. The van der Waals surface area contributed by atoms with Crippen molar-refractivity contribution in [1.29, 1.82) is 0 Å². The number of pyridine rings is 1. The topological polar surface area (TPSA) is 42.2 Å². The summed E-state index contributed by atoms with van der Waals surface area (Å²) in [4.78, 5) is 12.3. The molecule has 0 amide bonds. The van der Waals surface area contributed by atoms with E-state index in [-0.39, 0.29) is 12.2 Å². The van der Waals surface area contributed by atoms with Gasteiger partial charge < -0.3 is 9.67 Å². The Balaban J connectivity index is 2.17. The van der Waals surface area contributed by atoms with Gasteiger partial charge in [0, 0.05) is 17.3 Å². The van der Waals surface area contributed by atoms with E-state index in [0.717, 1.165) is 32.1 Å². The van der Waals surface area contributed by atoms with Gasteiger partial charge in [-0.1, -0.05) is 12.8 Å². The van der Waals surface area contributed by atoms with E-state index in [1.807, 2.05) is 10.6 Å². The largest absolute Gasteiger partial charge is 0.391 e. The molecule has 0 unspecified atom stereocenters. The van der Waals surface area contributed by atoms with Gasteiger partial charge in [-0.15, -0.1) is 0 Å². The van der Waals surface area contributed by atoms with E-state index in [1.165, 1.54) is 24.1 Å². The molecule has 3 rings (SSSR count). The molecule has 17 heavy (non-hydrogen) atoms. The van der Waals surface area contributed by atoms with Gasteiger partial charge in [-0.3, -0.25) is 4.79 Å². The molecule has 1 fully saturated rings. The van der Waals surface area contributed by atoms with Gasteiger partial charge in [0.25, 0.3) is 5.56 Å². The summed E-state index contributed by atoms with van der Waals surface area (Å²) in [6.07, 6.45) is 7.96. The lowest BCUT2D eigenvalue weighted by atomic mass is 10.1. The fraction of sp³-hybridized carbons (Fsp3) is 0.643. The minimum atomic E-state index is -0.126. The number of hydrogen-bond donors (Lipinski definition) is 1. The zero-order chi connectivity index (χ0) is 11.8. The molecule has 1 aromatic heterocycles. The molecule has 0 radical (unpaired) electrons. The Bertz CT molecular complexity index is 484. The molecule has 3 heteroatoms. The maximum Gasteiger partial charge on any atom is 0.256 e. The first-order valence-electron chi connectivity index (χ1n) is 6.68. The van der Waals surface area contributed by atoms with E-state index in [4.69, 9.17) is 0 Å². The molecule has 0 saturated heterocycles. The van der Waals surface area contributed by atoms with Crippen LogP contribution in [-0.4, -0.2) is 9.67 Å². The van der Waals surface area contributed by atoms with Crippen molar-refractivity contribution in [3.63, 3.8) is 0 Å². The van der Waals surface area contributed by atoms with E-state index in [0.29, 0.717) is 11.6 Å². The maximum atomic E-state index is 12.3. The van der Waals surface area contributed by atoms with Gasteiger partial charge in [0.05, 0.1) is 6.61 Å². The lowest BCUT2D eigenvalue weighted by Crippen LogP contribution is -2.29. The molecule has 2 aliphatic carbocycles. The van der Waals surface area contributed by atoms with Gasteiger partial charge >= 0.3 is 0 Å². The van der Waals surface area contributed by atoms with E-state index in [9.17, 15) is 9.90 Å². The maximum absolute atomic E-state index is 12.3. The summed E-state index contributed by atoms with van der Waals surface area (Å²) in [7, 11) is 0. The number of fused-ring (bicyclic) bond motifs is 1. The minimum absolute atomic E-state index is 0.0556. The van der Waals surface area contributed by atoms with Crippen LogP contribution in [-0.2, 0) is 19.4 Å². The van der Waals surface area contributed by atoms with Crippen LogP contribution in [0.5, 0.6) is 0 Å². The van der Waals surface area contributed by atoms with Crippen LogP contribution in [0.15, 0.2) is 10.9 Å². The van der Waals surface area contributed by atoms with Crippen LogP contribution >= 0.6 is 0 Å². The van der Waals surface area contributed by atoms with Gasteiger partial charge in [-0.05, 0) is 43.7 Å². The lowest BCUT2D eigenvalue weighted by molar-refractivity contribution is 0.278. The fourth-order valence-electron chi connectivity index (χ4n) is 3.39. The average molecular weight is 233 g/mol. The van der Waals surface area contributed by atoms with Crippen molar-refractivity contribution in [1.82, 2.24) is 4.57 Å². The molecule has 0 aliphatic heterocycles. The summed E-state index contributed by atoms with van der Waals surface area (Å²) in [5.41, 5.74) is 3.18. The lowest BCUT2D eigenvalue weighted by Gasteiger charge is -2.19. The van der Waals surface area contributed by atoms with Crippen LogP contribution in [0, 0.1) is 0 Å². The molecule has 1 saturated carbocycles. The molecule has 2 aliphatic rings. The summed E-state index contributed by atoms with van der Waals surface area (Å²) >= 11 is 0. The Morgan fingerprint density at radius 3 is 2.71 bits per heavy atom. The van der Waals surface area contributed by atoms with E-state index < -0.39 is 0 Å². The summed E-state index contributed by atoms with van der Waals surface area (Å²) in [5.74, 6) is 0. The second-order valence-electron chi connectivity index (χ2n) is 5.27. The Hall–Kier alpha value is -1.09. The van der Waals surface area contributed by atoms with Crippen molar-refractivity contribution in [2.75, 3.05) is 0 Å². The Kier molecular flexibility index (Phi) is 2.79. The zero-order valence-corrected chi connectivity index (χ0v) is 10.1. The fourth-order valence-corrected chi connectivity index (χ4v) is 3.39. The summed E-state index contributed by atoms with van der Waals surface area (Å²) in [5, 5.41) is 9.30. The van der Waals surface area contributed by atoms with Crippen molar-refractivity contribution in [3.8, 4) is 0 Å². The van der Waals surface area contributed by atoms with Crippen LogP contribution < -0.4 is 5.56 Å². The van der Waals surface area contributed by atoms with Crippen LogP contribution in [0.4, 0.5) is 0 Å². The van der Waals surface area contributed by atoms with Gasteiger partial charge in [0.2, 0.25) is 0 Å². The third-order valence-corrected chi connectivity index (χ3v) is 4.22. The zero-order valence-electron chi connectivity index (χ0n) is 10.1. The quantitative estimate of drug-likeness (QED) is 0.848. The van der Waals surface area contributed by atoms with Gasteiger partial charge in [-0.2, -0.15) is 0 Å². The summed E-state index contributed by atoms with van der Waals surface area (Å²) in [6.45, 7) is -0.126. The number of aliphatic hydroxyl groups excluding tert-OH is 1. The number of nitrogens with zero attached hydrogens (tertiary/aromatic N) is 1. The molecule has 0 aromatic carbocycles. The van der Waals surface area contributed by atoms with E-state index >= 15 is 0 Å². The molecule has 1 heterocycles. The number of aliphatic hydroxyl groups is 1. The van der Waals surface area contributed by atoms with Gasteiger partial charge in [0.1, 0.15) is 0 Å². The predicted octanol–water partition coefficient (Wildman–Crippen LogP) is 1.94. The van der Waals surface area contributed by atoms with Gasteiger partial charge in [0.15, 0.2) is 0 Å².